The zero-order valence-corrected chi connectivity index (χ0v) is 11.4. The van der Waals surface area contributed by atoms with Crippen molar-refractivity contribution in [2.24, 2.45) is 0 Å². The Morgan fingerprint density at radius 3 is 2.67 bits per heavy atom. The topological polar surface area (TPSA) is 57.6 Å². The van der Waals surface area contributed by atoms with Crippen LogP contribution in [0, 0.1) is 0 Å². The van der Waals surface area contributed by atoms with Crippen molar-refractivity contribution in [2.45, 2.75) is 24.7 Å². The molecule has 18 heavy (non-hydrogen) atoms. The SMILES string of the molecule is CCC(=O)N(CCC(=O)O)c1cccc(SC)c1. The lowest BCUT2D eigenvalue weighted by Gasteiger charge is -2.22. The summed E-state index contributed by atoms with van der Waals surface area (Å²) in [5.41, 5.74) is 0.759. The average molecular weight is 267 g/mol. The molecular weight excluding hydrogens is 250 g/mol. The van der Waals surface area contributed by atoms with E-state index in [0.717, 1.165) is 10.6 Å². The van der Waals surface area contributed by atoms with E-state index in [-0.39, 0.29) is 18.9 Å². The maximum Gasteiger partial charge on any atom is 0.305 e. The molecule has 1 aromatic rings. The first kappa shape index (κ1) is 14.6. The van der Waals surface area contributed by atoms with Gasteiger partial charge in [0.1, 0.15) is 0 Å². The van der Waals surface area contributed by atoms with Crippen LogP contribution in [0.1, 0.15) is 19.8 Å². The minimum absolute atomic E-state index is 0.0464. The highest BCUT2D eigenvalue weighted by Crippen LogP contribution is 2.23. The van der Waals surface area contributed by atoms with Crippen LogP contribution in [0.2, 0.25) is 0 Å². The highest BCUT2D eigenvalue weighted by atomic mass is 32.2. The van der Waals surface area contributed by atoms with Crippen molar-refractivity contribution in [3.05, 3.63) is 24.3 Å². The van der Waals surface area contributed by atoms with E-state index in [9.17, 15) is 9.59 Å². The molecule has 1 N–H and O–H groups in total. The monoisotopic (exact) mass is 267 g/mol. The molecule has 0 bridgehead atoms. The van der Waals surface area contributed by atoms with E-state index in [1.165, 1.54) is 4.90 Å². The molecule has 0 atom stereocenters. The number of carboxylic acids is 1. The minimum Gasteiger partial charge on any atom is -0.481 e. The summed E-state index contributed by atoms with van der Waals surface area (Å²) < 4.78 is 0. The Labute approximate surface area is 111 Å². The standard InChI is InChI=1S/C13H17NO3S/c1-3-12(15)14(8-7-13(16)17)10-5-4-6-11(9-10)18-2/h4-6,9H,3,7-8H2,1-2H3,(H,16,17). The molecule has 5 heteroatoms. The predicted octanol–water partition coefficient (Wildman–Crippen LogP) is 2.63. The predicted molar refractivity (Wildman–Crippen MR) is 73.1 cm³/mol. The van der Waals surface area contributed by atoms with Crippen LogP contribution < -0.4 is 4.90 Å². The number of aliphatic carboxylic acids is 1. The first-order chi connectivity index (χ1) is 8.58. The van der Waals surface area contributed by atoms with Gasteiger partial charge in [-0.1, -0.05) is 13.0 Å². The maximum absolute atomic E-state index is 11.9. The number of anilines is 1. The number of hydrogen-bond acceptors (Lipinski definition) is 3. The van der Waals surface area contributed by atoms with Gasteiger partial charge in [0, 0.05) is 23.5 Å². The average Bonchev–Trinajstić information content (AvgIpc) is 2.38. The zero-order chi connectivity index (χ0) is 13.5. The summed E-state index contributed by atoms with van der Waals surface area (Å²) in [6, 6.07) is 7.56. The van der Waals surface area contributed by atoms with E-state index >= 15 is 0 Å². The molecule has 0 heterocycles. The number of carbonyl (C=O) groups is 2. The van der Waals surface area contributed by atoms with Crippen molar-refractivity contribution in [3.8, 4) is 0 Å². The molecule has 0 radical (unpaired) electrons. The molecule has 0 spiro atoms. The summed E-state index contributed by atoms with van der Waals surface area (Å²) in [7, 11) is 0. The molecule has 98 valence electrons. The molecule has 0 aliphatic rings. The Kier molecular flexibility index (Phi) is 5.71. The van der Waals surface area contributed by atoms with Gasteiger partial charge in [-0.2, -0.15) is 0 Å². The van der Waals surface area contributed by atoms with Gasteiger partial charge in [-0.25, -0.2) is 0 Å². The lowest BCUT2D eigenvalue weighted by molar-refractivity contribution is -0.136. The molecule has 1 amide bonds. The first-order valence-corrected chi connectivity index (χ1v) is 6.97. The Balaban J connectivity index is 2.93. The van der Waals surface area contributed by atoms with Gasteiger partial charge in [-0.15, -0.1) is 11.8 Å². The third-order valence-corrected chi connectivity index (χ3v) is 3.24. The van der Waals surface area contributed by atoms with Gasteiger partial charge in [-0.3, -0.25) is 9.59 Å². The van der Waals surface area contributed by atoms with E-state index < -0.39 is 5.97 Å². The van der Waals surface area contributed by atoms with Crippen LogP contribution in [0.5, 0.6) is 0 Å². The van der Waals surface area contributed by atoms with E-state index in [1.807, 2.05) is 30.5 Å². The molecule has 0 saturated heterocycles. The number of amides is 1. The van der Waals surface area contributed by atoms with Crippen LogP contribution in [0.15, 0.2) is 29.2 Å². The van der Waals surface area contributed by atoms with E-state index in [4.69, 9.17) is 5.11 Å². The molecule has 1 rings (SSSR count). The largest absolute Gasteiger partial charge is 0.481 e. The highest BCUT2D eigenvalue weighted by Gasteiger charge is 2.15. The van der Waals surface area contributed by atoms with Gasteiger partial charge in [0.05, 0.1) is 6.42 Å². The zero-order valence-electron chi connectivity index (χ0n) is 10.5. The van der Waals surface area contributed by atoms with Gasteiger partial charge >= 0.3 is 5.97 Å². The van der Waals surface area contributed by atoms with Gasteiger partial charge in [0.2, 0.25) is 5.91 Å². The molecule has 0 aliphatic carbocycles. The summed E-state index contributed by atoms with van der Waals surface area (Å²) in [6.07, 6.45) is 2.28. The Morgan fingerprint density at radius 2 is 2.11 bits per heavy atom. The van der Waals surface area contributed by atoms with Crippen LogP contribution in [0.3, 0.4) is 0 Å². The molecular formula is C13H17NO3S. The second-order valence-corrected chi connectivity index (χ2v) is 4.62. The van der Waals surface area contributed by atoms with E-state index in [0.29, 0.717) is 6.42 Å². The van der Waals surface area contributed by atoms with Crippen LogP contribution in [-0.2, 0) is 9.59 Å². The Bertz CT molecular complexity index is 434. The van der Waals surface area contributed by atoms with E-state index in [2.05, 4.69) is 0 Å². The fourth-order valence-electron chi connectivity index (χ4n) is 1.57. The van der Waals surface area contributed by atoms with Crippen molar-refractivity contribution in [2.75, 3.05) is 17.7 Å². The number of carbonyl (C=O) groups excluding carboxylic acids is 1. The van der Waals surface area contributed by atoms with Crippen molar-refractivity contribution >= 4 is 29.3 Å². The van der Waals surface area contributed by atoms with Crippen molar-refractivity contribution < 1.29 is 14.7 Å². The summed E-state index contributed by atoms with van der Waals surface area (Å²) in [5, 5.41) is 8.72. The van der Waals surface area contributed by atoms with Gasteiger partial charge in [0.25, 0.3) is 0 Å². The van der Waals surface area contributed by atoms with Gasteiger partial charge < -0.3 is 10.0 Å². The van der Waals surface area contributed by atoms with Crippen molar-refractivity contribution in [1.29, 1.82) is 0 Å². The summed E-state index contributed by atoms with van der Waals surface area (Å²) in [5.74, 6) is -0.959. The minimum atomic E-state index is -0.898. The molecule has 4 nitrogen and oxygen atoms in total. The fraction of sp³-hybridized carbons (Fsp3) is 0.385. The molecule has 0 aliphatic heterocycles. The lowest BCUT2D eigenvalue weighted by atomic mass is 10.2. The van der Waals surface area contributed by atoms with Crippen LogP contribution >= 0.6 is 11.8 Å². The molecule has 1 aromatic carbocycles. The smallest absolute Gasteiger partial charge is 0.305 e. The third kappa shape index (κ3) is 4.07. The quantitative estimate of drug-likeness (QED) is 0.805. The van der Waals surface area contributed by atoms with Crippen molar-refractivity contribution in [3.63, 3.8) is 0 Å². The molecule has 0 unspecified atom stereocenters. The number of rotatable bonds is 6. The van der Waals surface area contributed by atoms with Crippen LogP contribution in [-0.4, -0.2) is 29.8 Å². The first-order valence-electron chi connectivity index (χ1n) is 5.74. The fourth-order valence-corrected chi connectivity index (χ4v) is 2.03. The normalized spacial score (nSPS) is 10.1. The van der Waals surface area contributed by atoms with Crippen LogP contribution in [0.25, 0.3) is 0 Å². The second kappa shape index (κ2) is 7.06. The summed E-state index contributed by atoms with van der Waals surface area (Å²) in [4.78, 5) is 25.1. The van der Waals surface area contributed by atoms with Crippen LogP contribution in [0.4, 0.5) is 5.69 Å². The number of nitrogens with zero attached hydrogens (tertiary/aromatic N) is 1. The summed E-state index contributed by atoms with van der Waals surface area (Å²) >= 11 is 1.59. The van der Waals surface area contributed by atoms with Gasteiger partial charge in [0.15, 0.2) is 0 Å². The number of carboxylic acid groups (broad SMARTS) is 1. The summed E-state index contributed by atoms with van der Waals surface area (Å²) in [6.45, 7) is 1.98. The third-order valence-electron chi connectivity index (χ3n) is 2.52. The Hall–Kier alpha value is -1.49. The highest BCUT2D eigenvalue weighted by molar-refractivity contribution is 7.98. The number of hydrogen-bond donors (Lipinski definition) is 1. The Morgan fingerprint density at radius 1 is 1.39 bits per heavy atom. The second-order valence-electron chi connectivity index (χ2n) is 3.74. The van der Waals surface area contributed by atoms with Crippen molar-refractivity contribution in [1.82, 2.24) is 0 Å². The maximum atomic E-state index is 11.9. The lowest BCUT2D eigenvalue weighted by Crippen LogP contribution is -2.32. The molecule has 0 aromatic heterocycles. The molecule has 0 fully saturated rings. The molecule has 0 saturated carbocycles. The number of thioether (sulfide) groups is 1. The number of benzene rings is 1. The van der Waals surface area contributed by atoms with E-state index in [1.54, 1.807) is 18.7 Å². The van der Waals surface area contributed by atoms with Gasteiger partial charge in [-0.05, 0) is 24.5 Å².